The summed E-state index contributed by atoms with van der Waals surface area (Å²) in [6.45, 7) is 2.45. The van der Waals surface area contributed by atoms with Crippen LogP contribution in [-0.4, -0.2) is 30.1 Å². The highest BCUT2D eigenvalue weighted by Gasteiger charge is 2.35. The molecule has 7 heteroatoms. The van der Waals surface area contributed by atoms with Crippen LogP contribution in [0.3, 0.4) is 0 Å². The number of amides is 1. The summed E-state index contributed by atoms with van der Waals surface area (Å²) >= 11 is 5.67. The van der Waals surface area contributed by atoms with E-state index >= 15 is 0 Å². The lowest BCUT2D eigenvalue weighted by Crippen LogP contribution is -2.35. The van der Waals surface area contributed by atoms with E-state index in [-0.39, 0.29) is 29.8 Å². The fourth-order valence-electron chi connectivity index (χ4n) is 2.65. The SMILES string of the molecule is CC(CNC(=O)[C@@H]1CCO[C@H]1c1ccc(Cl)c(F)c1)CC(=O)O. The van der Waals surface area contributed by atoms with Crippen LogP contribution in [0.25, 0.3) is 0 Å². The monoisotopic (exact) mass is 343 g/mol. The molecule has 1 aliphatic heterocycles. The van der Waals surface area contributed by atoms with Gasteiger partial charge in [0.25, 0.3) is 0 Å². The maximum Gasteiger partial charge on any atom is 0.303 e. The summed E-state index contributed by atoms with van der Waals surface area (Å²) < 4.78 is 19.2. The average Bonchev–Trinajstić information content (AvgIpc) is 2.96. The lowest BCUT2D eigenvalue weighted by Gasteiger charge is -2.20. The van der Waals surface area contributed by atoms with Gasteiger partial charge >= 0.3 is 5.97 Å². The molecular formula is C16H19ClFNO4. The molecule has 5 nitrogen and oxygen atoms in total. The number of aliphatic carboxylic acids is 1. The molecular weight excluding hydrogens is 325 g/mol. The van der Waals surface area contributed by atoms with E-state index in [9.17, 15) is 14.0 Å². The third kappa shape index (κ3) is 4.65. The van der Waals surface area contributed by atoms with Gasteiger partial charge in [-0.25, -0.2) is 4.39 Å². The second kappa shape index (κ2) is 7.75. The van der Waals surface area contributed by atoms with Crippen molar-refractivity contribution in [2.24, 2.45) is 11.8 Å². The van der Waals surface area contributed by atoms with E-state index in [0.717, 1.165) is 0 Å². The van der Waals surface area contributed by atoms with Crippen molar-refractivity contribution >= 4 is 23.5 Å². The topological polar surface area (TPSA) is 75.6 Å². The fraction of sp³-hybridized carbons (Fsp3) is 0.500. The van der Waals surface area contributed by atoms with Crippen LogP contribution in [0.4, 0.5) is 4.39 Å². The first-order chi connectivity index (χ1) is 10.9. The molecule has 0 radical (unpaired) electrons. The Morgan fingerprint density at radius 2 is 2.26 bits per heavy atom. The van der Waals surface area contributed by atoms with Gasteiger partial charge in [0.05, 0.1) is 17.0 Å². The van der Waals surface area contributed by atoms with E-state index in [1.807, 2.05) is 0 Å². The van der Waals surface area contributed by atoms with Crippen molar-refractivity contribution in [3.05, 3.63) is 34.6 Å². The molecule has 0 aromatic heterocycles. The van der Waals surface area contributed by atoms with Gasteiger partial charge < -0.3 is 15.2 Å². The summed E-state index contributed by atoms with van der Waals surface area (Å²) in [7, 11) is 0. The normalized spacial score (nSPS) is 21.9. The Bertz CT molecular complexity index is 595. The van der Waals surface area contributed by atoms with Gasteiger partial charge in [0, 0.05) is 19.6 Å². The first kappa shape index (κ1) is 17.7. The lowest BCUT2D eigenvalue weighted by atomic mass is 9.94. The Hall–Kier alpha value is -1.66. The molecule has 1 aromatic carbocycles. The molecule has 1 aromatic rings. The summed E-state index contributed by atoms with van der Waals surface area (Å²) in [6.07, 6.45) is 0.0120. The molecule has 0 aliphatic carbocycles. The molecule has 2 rings (SSSR count). The van der Waals surface area contributed by atoms with Crippen LogP contribution >= 0.6 is 11.6 Å². The van der Waals surface area contributed by atoms with Crippen LogP contribution in [0.1, 0.15) is 31.4 Å². The number of hydrogen-bond acceptors (Lipinski definition) is 3. The van der Waals surface area contributed by atoms with Gasteiger partial charge in [-0.15, -0.1) is 0 Å². The molecule has 1 fully saturated rings. The standard InChI is InChI=1S/C16H19ClFNO4/c1-9(6-14(20)21)8-19-16(22)11-4-5-23-15(11)10-2-3-12(17)13(18)7-10/h2-3,7,9,11,15H,4-6,8H2,1H3,(H,19,22)(H,20,21)/t9?,11-,15+/m1/s1. The fourth-order valence-corrected chi connectivity index (χ4v) is 2.77. The molecule has 1 aliphatic rings. The number of carboxylic acids is 1. The van der Waals surface area contributed by atoms with Crippen molar-refractivity contribution in [1.82, 2.24) is 5.32 Å². The number of halogens is 2. The quantitative estimate of drug-likeness (QED) is 0.832. The minimum Gasteiger partial charge on any atom is -0.481 e. The van der Waals surface area contributed by atoms with Crippen LogP contribution in [0.5, 0.6) is 0 Å². The van der Waals surface area contributed by atoms with E-state index < -0.39 is 23.8 Å². The zero-order valence-corrected chi connectivity index (χ0v) is 13.5. The van der Waals surface area contributed by atoms with Gasteiger partial charge in [-0.05, 0) is 30.0 Å². The van der Waals surface area contributed by atoms with Gasteiger partial charge in [-0.1, -0.05) is 24.6 Å². The lowest BCUT2D eigenvalue weighted by molar-refractivity contribution is -0.138. The number of carbonyl (C=O) groups excluding carboxylic acids is 1. The first-order valence-electron chi connectivity index (χ1n) is 7.44. The predicted octanol–water partition coefficient (Wildman–Crippen LogP) is 2.78. The molecule has 23 heavy (non-hydrogen) atoms. The van der Waals surface area contributed by atoms with Crippen LogP contribution in [0.15, 0.2) is 18.2 Å². The number of rotatable bonds is 6. The van der Waals surface area contributed by atoms with Crippen molar-refractivity contribution in [3.8, 4) is 0 Å². The minimum atomic E-state index is -0.898. The molecule has 126 valence electrons. The summed E-state index contributed by atoms with van der Waals surface area (Å²) in [4.78, 5) is 22.9. The Morgan fingerprint density at radius 3 is 2.91 bits per heavy atom. The smallest absolute Gasteiger partial charge is 0.303 e. The van der Waals surface area contributed by atoms with E-state index in [0.29, 0.717) is 18.6 Å². The average molecular weight is 344 g/mol. The Balaban J connectivity index is 1.99. The van der Waals surface area contributed by atoms with Crippen LogP contribution in [0.2, 0.25) is 5.02 Å². The second-order valence-electron chi connectivity index (χ2n) is 5.81. The van der Waals surface area contributed by atoms with Crippen molar-refractivity contribution < 1.29 is 23.8 Å². The predicted molar refractivity (Wildman–Crippen MR) is 82.6 cm³/mol. The van der Waals surface area contributed by atoms with E-state index in [2.05, 4.69) is 5.32 Å². The number of carboxylic acid groups (broad SMARTS) is 1. The van der Waals surface area contributed by atoms with Crippen LogP contribution < -0.4 is 5.32 Å². The molecule has 2 N–H and O–H groups in total. The Morgan fingerprint density at radius 1 is 1.52 bits per heavy atom. The summed E-state index contributed by atoms with van der Waals surface area (Å²) in [5, 5.41) is 11.5. The third-order valence-electron chi connectivity index (χ3n) is 3.85. The van der Waals surface area contributed by atoms with Gasteiger partial charge in [0.2, 0.25) is 5.91 Å². The number of ether oxygens (including phenoxy) is 1. The van der Waals surface area contributed by atoms with Crippen molar-refractivity contribution in [2.75, 3.05) is 13.2 Å². The van der Waals surface area contributed by atoms with E-state index in [1.165, 1.54) is 12.1 Å². The highest BCUT2D eigenvalue weighted by Crippen LogP contribution is 2.35. The second-order valence-corrected chi connectivity index (χ2v) is 6.22. The first-order valence-corrected chi connectivity index (χ1v) is 7.82. The molecule has 0 saturated carbocycles. The molecule has 1 heterocycles. The number of benzene rings is 1. The third-order valence-corrected chi connectivity index (χ3v) is 4.16. The molecule has 0 spiro atoms. The maximum absolute atomic E-state index is 13.6. The summed E-state index contributed by atoms with van der Waals surface area (Å²) in [5.41, 5.74) is 0.572. The van der Waals surface area contributed by atoms with Gasteiger partial charge in [-0.3, -0.25) is 9.59 Å². The molecule has 1 amide bonds. The van der Waals surface area contributed by atoms with Gasteiger partial charge in [-0.2, -0.15) is 0 Å². The molecule has 1 saturated heterocycles. The van der Waals surface area contributed by atoms with Crippen molar-refractivity contribution in [3.63, 3.8) is 0 Å². The summed E-state index contributed by atoms with van der Waals surface area (Å²) in [5.74, 6) is -2.24. The van der Waals surface area contributed by atoms with Crippen LogP contribution in [0, 0.1) is 17.7 Å². The zero-order valence-electron chi connectivity index (χ0n) is 12.7. The van der Waals surface area contributed by atoms with E-state index in [1.54, 1.807) is 13.0 Å². The van der Waals surface area contributed by atoms with Crippen molar-refractivity contribution in [2.45, 2.75) is 25.9 Å². The molecule has 3 atom stereocenters. The Labute approximate surface area is 138 Å². The highest BCUT2D eigenvalue weighted by atomic mass is 35.5. The Kier molecular flexibility index (Phi) is 5.96. The number of nitrogens with one attached hydrogen (secondary N) is 1. The number of carbonyl (C=O) groups is 2. The molecule has 1 unspecified atom stereocenters. The maximum atomic E-state index is 13.6. The zero-order chi connectivity index (χ0) is 17.0. The van der Waals surface area contributed by atoms with Crippen molar-refractivity contribution in [1.29, 1.82) is 0 Å². The van der Waals surface area contributed by atoms with E-state index in [4.69, 9.17) is 21.4 Å². The van der Waals surface area contributed by atoms with Crippen LogP contribution in [-0.2, 0) is 14.3 Å². The molecule has 0 bridgehead atoms. The minimum absolute atomic E-state index is 0.00668. The number of hydrogen-bond donors (Lipinski definition) is 2. The highest BCUT2D eigenvalue weighted by molar-refractivity contribution is 6.30. The largest absolute Gasteiger partial charge is 0.481 e. The van der Waals surface area contributed by atoms with Gasteiger partial charge in [0.15, 0.2) is 0 Å². The van der Waals surface area contributed by atoms with Gasteiger partial charge in [0.1, 0.15) is 5.82 Å². The summed E-state index contributed by atoms with van der Waals surface area (Å²) in [6, 6.07) is 4.37.